The van der Waals surface area contributed by atoms with Crippen LogP contribution >= 0.6 is 0 Å². The number of aromatic nitrogens is 4. The quantitative estimate of drug-likeness (QED) is 0.734. The maximum Gasteiger partial charge on any atom is 0.433 e. The van der Waals surface area contributed by atoms with Crippen LogP contribution < -0.4 is 0 Å². The van der Waals surface area contributed by atoms with Gasteiger partial charge in [-0.05, 0) is 51.2 Å². The first kappa shape index (κ1) is 18.7. The van der Waals surface area contributed by atoms with Gasteiger partial charge in [0.25, 0.3) is 5.95 Å². The lowest BCUT2D eigenvalue weighted by Gasteiger charge is -2.28. The summed E-state index contributed by atoms with van der Waals surface area (Å²) in [6.07, 6.45) is -4.34. The van der Waals surface area contributed by atoms with E-state index in [1.54, 1.807) is 19.9 Å². The summed E-state index contributed by atoms with van der Waals surface area (Å²) >= 11 is 0. The van der Waals surface area contributed by atoms with E-state index in [0.717, 1.165) is 6.07 Å². The summed E-state index contributed by atoms with van der Waals surface area (Å²) < 4.78 is 67.5. The minimum atomic E-state index is -4.62. The van der Waals surface area contributed by atoms with E-state index in [4.69, 9.17) is 0 Å². The Bertz CT molecular complexity index is 787. The molecule has 1 aliphatic rings. The Hall–Kier alpha value is -2.06. The minimum absolute atomic E-state index is 0.112. The van der Waals surface area contributed by atoms with E-state index in [1.165, 1.54) is 4.68 Å². The minimum Gasteiger partial charge on any atom is -0.216 e. The smallest absolute Gasteiger partial charge is 0.216 e. The lowest BCUT2D eigenvalue weighted by atomic mass is 9.84. The molecule has 0 bridgehead atoms. The molecule has 0 amide bonds. The molecule has 0 saturated heterocycles. The fourth-order valence-corrected chi connectivity index (χ4v) is 3.26. The van der Waals surface area contributed by atoms with Crippen molar-refractivity contribution >= 4 is 0 Å². The summed E-state index contributed by atoms with van der Waals surface area (Å²) in [5.41, 5.74) is 0.404. The second kappa shape index (κ2) is 6.59. The van der Waals surface area contributed by atoms with Crippen LogP contribution in [0.5, 0.6) is 0 Å². The normalized spacial score (nSPS) is 18.3. The third-order valence-electron chi connectivity index (χ3n) is 4.59. The Balaban J connectivity index is 1.92. The van der Waals surface area contributed by atoms with Crippen molar-refractivity contribution in [3.63, 3.8) is 0 Å². The summed E-state index contributed by atoms with van der Waals surface area (Å²) in [6, 6.07) is 2.62. The van der Waals surface area contributed by atoms with Gasteiger partial charge >= 0.3 is 6.18 Å². The van der Waals surface area contributed by atoms with Crippen molar-refractivity contribution in [3.05, 3.63) is 34.9 Å². The first-order valence-corrected chi connectivity index (χ1v) is 8.40. The van der Waals surface area contributed by atoms with E-state index in [-0.39, 0.29) is 49.7 Å². The van der Waals surface area contributed by atoms with E-state index in [1.807, 2.05) is 0 Å². The van der Waals surface area contributed by atoms with Crippen molar-refractivity contribution < 1.29 is 22.0 Å². The van der Waals surface area contributed by atoms with Crippen LogP contribution in [0.3, 0.4) is 0 Å². The molecule has 0 atom stereocenters. The maximum atomic E-state index is 13.3. The second-order valence-electron chi connectivity index (χ2n) is 6.88. The van der Waals surface area contributed by atoms with Gasteiger partial charge in [-0.2, -0.15) is 18.3 Å². The van der Waals surface area contributed by atoms with Crippen LogP contribution in [-0.4, -0.2) is 25.7 Å². The molecule has 1 fully saturated rings. The van der Waals surface area contributed by atoms with Crippen LogP contribution in [0.2, 0.25) is 0 Å². The molecule has 0 aliphatic heterocycles. The highest BCUT2D eigenvalue weighted by Gasteiger charge is 2.36. The highest BCUT2D eigenvalue weighted by Crippen LogP contribution is 2.37. The van der Waals surface area contributed by atoms with Crippen molar-refractivity contribution in [2.45, 2.75) is 58.1 Å². The summed E-state index contributed by atoms with van der Waals surface area (Å²) in [4.78, 5) is 7.83. The molecular formula is C17H19F5N4. The van der Waals surface area contributed by atoms with Crippen LogP contribution in [0.1, 0.15) is 48.5 Å². The number of aryl methyl sites for hydroxylation is 2. The third kappa shape index (κ3) is 4.19. The number of hydrogen-bond acceptors (Lipinski definition) is 3. The molecule has 1 saturated carbocycles. The van der Waals surface area contributed by atoms with Gasteiger partial charge in [-0.15, -0.1) is 0 Å². The van der Waals surface area contributed by atoms with E-state index in [0.29, 0.717) is 11.4 Å². The van der Waals surface area contributed by atoms with Crippen LogP contribution in [0, 0.1) is 19.8 Å². The zero-order valence-electron chi connectivity index (χ0n) is 14.4. The van der Waals surface area contributed by atoms with Gasteiger partial charge in [-0.1, -0.05) is 0 Å². The van der Waals surface area contributed by atoms with Crippen LogP contribution in [0.15, 0.2) is 12.1 Å². The van der Waals surface area contributed by atoms with Gasteiger partial charge in [-0.3, -0.25) is 0 Å². The van der Waals surface area contributed by atoms with Crippen LogP contribution in [-0.2, 0) is 12.6 Å². The highest BCUT2D eigenvalue weighted by molar-refractivity contribution is 5.24. The summed E-state index contributed by atoms with van der Waals surface area (Å²) in [7, 11) is 0. The lowest BCUT2D eigenvalue weighted by Crippen LogP contribution is -2.26. The fourth-order valence-electron chi connectivity index (χ4n) is 3.26. The van der Waals surface area contributed by atoms with Crippen molar-refractivity contribution in [3.8, 4) is 5.95 Å². The molecular weight excluding hydrogens is 355 g/mol. The maximum absolute atomic E-state index is 13.3. The zero-order valence-corrected chi connectivity index (χ0v) is 14.4. The Morgan fingerprint density at radius 3 is 2.31 bits per heavy atom. The molecule has 1 aliphatic carbocycles. The van der Waals surface area contributed by atoms with Crippen LogP contribution in [0.4, 0.5) is 22.0 Å². The predicted molar refractivity (Wildman–Crippen MR) is 84.2 cm³/mol. The first-order chi connectivity index (χ1) is 12.0. The van der Waals surface area contributed by atoms with Crippen molar-refractivity contribution in [1.29, 1.82) is 0 Å². The monoisotopic (exact) mass is 374 g/mol. The number of rotatable bonds is 3. The van der Waals surface area contributed by atoms with Gasteiger partial charge in [0.15, 0.2) is 0 Å². The van der Waals surface area contributed by atoms with Gasteiger partial charge < -0.3 is 0 Å². The molecule has 9 heteroatoms. The van der Waals surface area contributed by atoms with Gasteiger partial charge in [-0.25, -0.2) is 23.4 Å². The van der Waals surface area contributed by atoms with E-state index >= 15 is 0 Å². The molecule has 0 spiro atoms. The molecule has 3 rings (SSSR count). The molecule has 0 N–H and O–H groups in total. The Morgan fingerprint density at radius 2 is 1.77 bits per heavy atom. The number of alkyl halides is 5. The molecule has 2 heterocycles. The SMILES string of the molecule is Cc1cc(C)n(-c2nc(CC3CCC(F)(F)CC3)cc(C(F)(F)F)n2)n1. The van der Waals surface area contributed by atoms with Gasteiger partial charge in [0.1, 0.15) is 5.69 Å². The number of hydrogen-bond donors (Lipinski definition) is 0. The molecule has 142 valence electrons. The van der Waals surface area contributed by atoms with Crippen molar-refractivity contribution in [2.24, 2.45) is 5.92 Å². The molecule has 4 nitrogen and oxygen atoms in total. The third-order valence-corrected chi connectivity index (χ3v) is 4.59. The van der Waals surface area contributed by atoms with E-state index in [2.05, 4.69) is 15.1 Å². The van der Waals surface area contributed by atoms with Gasteiger partial charge in [0, 0.05) is 24.2 Å². The number of halogens is 5. The average molecular weight is 374 g/mol. The molecule has 0 radical (unpaired) electrons. The van der Waals surface area contributed by atoms with Crippen molar-refractivity contribution in [2.75, 3.05) is 0 Å². The summed E-state index contributed by atoms with van der Waals surface area (Å²) in [5, 5.41) is 4.14. The first-order valence-electron chi connectivity index (χ1n) is 8.40. The predicted octanol–water partition coefficient (Wildman–Crippen LogP) is 4.67. The second-order valence-corrected chi connectivity index (χ2v) is 6.88. The lowest BCUT2D eigenvalue weighted by molar-refractivity contribution is -0.141. The molecule has 0 aromatic carbocycles. The average Bonchev–Trinajstić information content (AvgIpc) is 2.87. The van der Waals surface area contributed by atoms with Gasteiger partial charge in [0.2, 0.25) is 5.92 Å². The Morgan fingerprint density at radius 1 is 1.12 bits per heavy atom. The van der Waals surface area contributed by atoms with Crippen molar-refractivity contribution in [1.82, 2.24) is 19.7 Å². The Labute approximate surface area is 147 Å². The standard InChI is InChI=1S/C17H19F5N4/c1-10-7-11(2)26(25-10)15-23-13(9-14(24-15)17(20,21)22)8-12-3-5-16(18,19)6-4-12/h7,9,12H,3-6,8H2,1-2H3. The largest absolute Gasteiger partial charge is 0.433 e. The van der Waals surface area contributed by atoms with Crippen LogP contribution in [0.25, 0.3) is 5.95 Å². The fraction of sp³-hybridized carbons (Fsp3) is 0.588. The Kier molecular flexibility index (Phi) is 4.74. The van der Waals surface area contributed by atoms with Gasteiger partial charge in [0.05, 0.1) is 5.69 Å². The molecule has 26 heavy (non-hydrogen) atoms. The zero-order chi connectivity index (χ0) is 19.1. The molecule has 2 aromatic rings. The highest BCUT2D eigenvalue weighted by atomic mass is 19.4. The molecule has 2 aromatic heterocycles. The van der Waals surface area contributed by atoms with E-state index < -0.39 is 17.8 Å². The summed E-state index contributed by atoms with van der Waals surface area (Å²) in [6.45, 7) is 3.42. The van der Waals surface area contributed by atoms with E-state index in [9.17, 15) is 22.0 Å². The summed E-state index contributed by atoms with van der Waals surface area (Å²) in [5.74, 6) is -2.94. The number of nitrogens with zero attached hydrogens (tertiary/aromatic N) is 4. The topological polar surface area (TPSA) is 43.6 Å². The molecule has 0 unspecified atom stereocenters.